The predicted octanol–water partition coefficient (Wildman–Crippen LogP) is 1.10. The Labute approximate surface area is 122 Å². The molecular formula is C13H18N2O3S2. The monoisotopic (exact) mass is 314 g/mol. The van der Waals surface area contributed by atoms with Crippen LogP contribution in [0.5, 0.6) is 0 Å². The second-order valence-electron chi connectivity index (χ2n) is 5.73. The Morgan fingerprint density at radius 1 is 1.30 bits per heavy atom. The van der Waals surface area contributed by atoms with Gasteiger partial charge in [0, 0.05) is 17.3 Å². The lowest BCUT2D eigenvalue weighted by Gasteiger charge is -2.11. The van der Waals surface area contributed by atoms with Gasteiger partial charge < -0.3 is 5.32 Å². The highest BCUT2D eigenvalue weighted by atomic mass is 32.2. The van der Waals surface area contributed by atoms with Crippen molar-refractivity contribution in [2.75, 3.05) is 6.54 Å². The zero-order chi connectivity index (χ0) is 14.3. The van der Waals surface area contributed by atoms with Crippen molar-refractivity contribution in [2.24, 2.45) is 22.9 Å². The molecule has 0 aliphatic heterocycles. The Hall–Kier alpha value is -0.920. The molecule has 0 saturated heterocycles. The number of thiophene rings is 1. The summed E-state index contributed by atoms with van der Waals surface area (Å²) in [5.74, 6) is 1.96. The molecule has 2 aliphatic carbocycles. The third kappa shape index (κ3) is 3.05. The first-order valence-electron chi connectivity index (χ1n) is 6.82. The number of hydrogen-bond acceptors (Lipinski definition) is 4. The highest BCUT2D eigenvalue weighted by molar-refractivity contribution is 7.91. The molecule has 110 valence electrons. The minimum absolute atomic E-state index is 0.153. The van der Waals surface area contributed by atoms with Gasteiger partial charge in [-0.15, -0.1) is 11.3 Å². The molecule has 1 heterocycles. The van der Waals surface area contributed by atoms with E-state index in [-0.39, 0.29) is 16.0 Å². The molecule has 20 heavy (non-hydrogen) atoms. The van der Waals surface area contributed by atoms with Crippen molar-refractivity contribution < 1.29 is 13.2 Å². The van der Waals surface area contributed by atoms with Crippen molar-refractivity contribution in [1.82, 2.24) is 5.32 Å². The lowest BCUT2D eigenvalue weighted by Crippen LogP contribution is -2.31. The Morgan fingerprint density at radius 3 is 2.60 bits per heavy atom. The molecule has 2 aliphatic rings. The molecular weight excluding hydrogens is 296 g/mol. The Bertz CT molecular complexity index is 613. The molecule has 2 atom stereocenters. The normalized spacial score (nSPS) is 28.1. The summed E-state index contributed by atoms with van der Waals surface area (Å²) in [6.07, 6.45) is 4.05. The van der Waals surface area contributed by atoms with E-state index in [1.165, 1.54) is 23.8 Å². The molecule has 7 heteroatoms. The maximum Gasteiger partial charge on any atom is 0.247 e. The van der Waals surface area contributed by atoms with Gasteiger partial charge in [0.15, 0.2) is 0 Å². The van der Waals surface area contributed by atoms with E-state index < -0.39 is 10.0 Å². The quantitative estimate of drug-likeness (QED) is 0.853. The molecule has 2 saturated carbocycles. The van der Waals surface area contributed by atoms with E-state index in [2.05, 4.69) is 5.32 Å². The maximum absolute atomic E-state index is 11.9. The second kappa shape index (κ2) is 5.13. The molecule has 5 nitrogen and oxygen atoms in total. The number of carbonyl (C=O) groups excluding carboxylic acids is 1. The zero-order valence-corrected chi connectivity index (χ0v) is 12.7. The average Bonchev–Trinajstić information content (AvgIpc) is 2.80. The molecule has 1 amide bonds. The molecule has 1 aromatic rings. The summed E-state index contributed by atoms with van der Waals surface area (Å²) in [4.78, 5) is 12.9. The van der Waals surface area contributed by atoms with Gasteiger partial charge in [0.05, 0.1) is 0 Å². The molecule has 0 bridgehead atoms. The van der Waals surface area contributed by atoms with Crippen LogP contribution >= 0.6 is 11.3 Å². The van der Waals surface area contributed by atoms with Gasteiger partial charge in [0.25, 0.3) is 0 Å². The highest BCUT2D eigenvalue weighted by Gasteiger charge is 2.47. The van der Waals surface area contributed by atoms with Crippen LogP contribution in [0.1, 0.15) is 24.1 Å². The van der Waals surface area contributed by atoms with E-state index in [0.717, 1.165) is 29.6 Å². The van der Waals surface area contributed by atoms with Gasteiger partial charge in [0.1, 0.15) is 4.21 Å². The summed E-state index contributed by atoms with van der Waals surface area (Å²) in [5.41, 5.74) is 0. The number of primary sulfonamides is 1. The molecule has 3 rings (SSSR count). The van der Waals surface area contributed by atoms with Gasteiger partial charge in [-0.05, 0) is 49.7 Å². The lowest BCUT2D eigenvalue weighted by atomic mass is 10.0. The fourth-order valence-electron chi connectivity index (χ4n) is 3.03. The number of sulfonamides is 1. The Balaban J connectivity index is 1.45. The number of carbonyl (C=O) groups is 1. The summed E-state index contributed by atoms with van der Waals surface area (Å²) in [5, 5.41) is 8.01. The van der Waals surface area contributed by atoms with Gasteiger partial charge in [-0.25, -0.2) is 13.6 Å². The summed E-state index contributed by atoms with van der Waals surface area (Å²) < 4.78 is 22.5. The van der Waals surface area contributed by atoms with Crippen molar-refractivity contribution in [2.45, 2.75) is 29.9 Å². The fourth-order valence-corrected chi connectivity index (χ4v) is 4.81. The maximum atomic E-state index is 11.9. The number of fused-ring (bicyclic) bond motifs is 1. The SMILES string of the molecule is NS(=O)(=O)c1ccc(CCNC(=O)C2CC3CC3C2)s1. The van der Waals surface area contributed by atoms with E-state index >= 15 is 0 Å². The molecule has 2 unspecified atom stereocenters. The number of amides is 1. The number of rotatable bonds is 5. The predicted molar refractivity (Wildman–Crippen MR) is 76.7 cm³/mol. The van der Waals surface area contributed by atoms with Gasteiger partial charge in [0.2, 0.25) is 15.9 Å². The van der Waals surface area contributed by atoms with E-state index in [9.17, 15) is 13.2 Å². The summed E-state index contributed by atoms with van der Waals surface area (Å²) in [6, 6.07) is 3.27. The molecule has 0 aromatic carbocycles. The van der Waals surface area contributed by atoms with Crippen molar-refractivity contribution in [3.8, 4) is 0 Å². The standard InChI is InChI=1S/C13H18N2O3S2/c14-20(17,18)12-2-1-11(19-12)3-4-15-13(16)10-6-8-5-9(8)7-10/h1-2,8-10H,3-7H2,(H,15,16)(H2,14,17,18). The largest absolute Gasteiger partial charge is 0.356 e. The summed E-state index contributed by atoms with van der Waals surface area (Å²) >= 11 is 1.17. The fraction of sp³-hybridized carbons (Fsp3) is 0.615. The van der Waals surface area contributed by atoms with E-state index in [0.29, 0.717) is 13.0 Å². The van der Waals surface area contributed by atoms with Crippen molar-refractivity contribution in [3.63, 3.8) is 0 Å². The number of hydrogen-bond donors (Lipinski definition) is 2. The highest BCUT2D eigenvalue weighted by Crippen LogP contribution is 2.54. The number of nitrogens with two attached hydrogens (primary N) is 1. The molecule has 3 N–H and O–H groups in total. The minimum Gasteiger partial charge on any atom is -0.356 e. The van der Waals surface area contributed by atoms with Crippen LogP contribution in [0.25, 0.3) is 0 Å². The summed E-state index contributed by atoms with van der Waals surface area (Å²) in [6.45, 7) is 0.551. The second-order valence-corrected chi connectivity index (χ2v) is 8.69. The van der Waals surface area contributed by atoms with E-state index in [4.69, 9.17) is 5.14 Å². The average molecular weight is 314 g/mol. The van der Waals surface area contributed by atoms with Crippen molar-refractivity contribution in [3.05, 3.63) is 17.0 Å². The van der Waals surface area contributed by atoms with Crippen molar-refractivity contribution >= 4 is 27.3 Å². The minimum atomic E-state index is -3.61. The smallest absolute Gasteiger partial charge is 0.247 e. The lowest BCUT2D eigenvalue weighted by molar-refractivity contribution is -0.125. The number of nitrogens with one attached hydrogen (secondary N) is 1. The van der Waals surface area contributed by atoms with Crippen LogP contribution in [0.15, 0.2) is 16.3 Å². The van der Waals surface area contributed by atoms with Gasteiger partial charge in [-0.3, -0.25) is 4.79 Å². The van der Waals surface area contributed by atoms with Crippen LogP contribution in [-0.4, -0.2) is 20.9 Å². The van der Waals surface area contributed by atoms with Gasteiger partial charge in [-0.2, -0.15) is 0 Å². The Kier molecular flexibility index (Phi) is 3.60. The molecule has 1 aromatic heterocycles. The van der Waals surface area contributed by atoms with Crippen LogP contribution in [0, 0.1) is 17.8 Å². The molecule has 2 fully saturated rings. The third-order valence-corrected chi connectivity index (χ3v) is 6.79. The van der Waals surface area contributed by atoms with Gasteiger partial charge >= 0.3 is 0 Å². The van der Waals surface area contributed by atoms with E-state index in [1.54, 1.807) is 6.07 Å². The van der Waals surface area contributed by atoms with Crippen LogP contribution in [0.4, 0.5) is 0 Å². The molecule has 0 radical (unpaired) electrons. The first-order valence-corrected chi connectivity index (χ1v) is 9.19. The first-order chi connectivity index (χ1) is 9.43. The van der Waals surface area contributed by atoms with Gasteiger partial charge in [-0.1, -0.05) is 0 Å². The first kappa shape index (κ1) is 14.0. The zero-order valence-electron chi connectivity index (χ0n) is 11.0. The van der Waals surface area contributed by atoms with Crippen molar-refractivity contribution in [1.29, 1.82) is 0 Å². The van der Waals surface area contributed by atoms with E-state index in [1.807, 2.05) is 0 Å². The van der Waals surface area contributed by atoms with Crippen LogP contribution < -0.4 is 10.5 Å². The Morgan fingerprint density at radius 2 is 2.00 bits per heavy atom. The third-order valence-electron chi connectivity index (χ3n) is 4.20. The molecule has 0 spiro atoms. The van der Waals surface area contributed by atoms with Crippen LogP contribution in [0.2, 0.25) is 0 Å². The topological polar surface area (TPSA) is 89.3 Å². The summed E-state index contributed by atoms with van der Waals surface area (Å²) in [7, 11) is -3.61. The van der Waals surface area contributed by atoms with Crippen LogP contribution in [-0.2, 0) is 21.2 Å². The van der Waals surface area contributed by atoms with Crippen LogP contribution in [0.3, 0.4) is 0 Å².